The minimum absolute atomic E-state index is 0.0178. The summed E-state index contributed by atoms with van der Waals surface area (Å²) >= 11 is 0. The fourth-order valence-corrected chi connectivity index (χ4v) is 2.13. The second kappa shape index (κ2) is 6.71. The van der Waals surface area contributed by atoms with E-state index < -0.39 is 9.05 Å². The van der Waals surface area contributed by atoms with E-state index in [1.807, 2.05) is 18.2 Å². The van der Waals surface area contributed by atoms with Crippen LogP contribution in [0.5, 0.6) is 11.5 Å². The first-order valence-electron chi connectivity index (χ1n) is 5.20. The van der Waals surface area contributed by atoms with E-state index in [1.54, 1.807) is 13.2 Å². The summed E-state index contributed by atoms with van der Waals surface area (Å²) in [5.41, 5.74) is 0. The summed E-state index contributed by atoms with van der Waals surface area (Å²) in [5, 5.41) is 0. The number of rotatable bonds is 7. The van der Waals surface area contributed by atoms with E-state index in [9.17, 15) is 8.42 Å². The standard InChI is InChI=1S/C11H15ClO4S/c1-15-10-5-4-6-11(9-10)16-7-2-3-8-17(12,13)14/h4-6,9H,2-3,7-8H2,1H3. The molecule has 1 aromatic rings. The number of hydrogen-bond donors (Lipinski definition) is 0. The molecule has 1 aromatic carbocycles. The van der Waals surface area contributed by atoms with E-state index >= 15 is 0 Å². The average Bonchev–Trinajstić information content (AvgIpc) is 2.27. The number of halogens is 1. The zero-order valence-corrected chi connectivity index (χ0v) is 11.1. The molecule has 0 radical (unpaired) electrons. The van der Waals surface area contributed by atoms with Crippen molar-refractivity contribution < 1.29 is 17.9 Å². The quantitative estimate of drug-likeness (QED) is 0.568. The smallest absolute Gasteiger partial charge is 0.232 e. The molecule has 0 unspecified atom stereocenters. The Labute approximate surface area is 106 Å². The van der Waals surface area contributed by atoms with Gasteiger partial charge < -0.3 is 9.47 Å². The van der Waals surface area contributed by atoms with Gasteiger partial charge >= 0.3 is 0 Å². The van der Waals surface area contributed by atoms with E-state index in [0.29, 0.717) is 25.2 Å². The first-order valence-corrected chi connectivity index (χ1v) is 7.68. The highest BCUT2D eigenvalue weighted by Gasteiger charge is 2.04. The maximum atomic E-state index is 10.7. The Kier molecular flexibility index (Phi) is 5.58. The number of unbranched alkanes of at least 4 members (excludes halogenated alkanes) is 1. The van der Waals surface area contributed by atoms with Crippen molar-refractivity contribution in [2.24, 2.45) is 0 Å². The predicted molar refractivity (Wildman–Crippen MR) is 67.4 cm³/mol. The lowest BCUT2D eigenvalue weighted by Gasteiger charge is -2.07. The molecule has 1 rings (SSSR count). The molecular formula is C11H15ClO4S. The normalized spacial score (nSPS) is 11.2. The van der Waals surface area contributed by atoms with Crippen LogP contribution in [0.15, 0.2) is 24.3 Å². The van der Waals surface area contributed by atoms with E-state index in [1.165, 1.54) is 0 Å². The van der Waals surface area contributed by atoms with Crippen LogP contribution in [0, 0.1) is 0 Å². The fourth-order valence-electron chi connectivity index (χ4n) is 1.26. The van der Waals surface area contributed by atoms with Crippen molar-refractivity contribution in [3.8, 4) is 11.5 Å². The lowest BCUT2D eigenvalue weighted by Crippen LogP contribution is -2.02. The molecule has 0 aliphatic rings. The molecule has 6 heteroatoms. The minimum atomic E-state index is -3.38. The third kappa shape index (κ3) is 6.38. The van der Waals surface area contributed by atoms with Crippen LogP contribution in [0.1, 0.15) is 12.8 Å². The van der Waals surface area contributed by atoms with Gasteiger partial charge in [0.15, 0.2) is 0 Å². The van der Waals surface area contributed by atoms with E-state index in [4.69, 9.17) is 20.2 Å². The van der Waals surface area contributed by atoms with Crippen molar-refractivity contribution in [2.75, 3.05) is 19.5 Å². The van der Waals surface area contributed by atoms with Gasteiger partial charge in [-0.05, 0) is 25.0 Å². The molecule has 0 amide bonds. The summed E-state index contributed by atoms with van der Waals surface area (Å²) in [6.45, 7) is 0.458. The second-order valence-electron chi connectivity index (χ2n) is 3.48. The van der Waals surface area contributed by atoms with Crippen LogP contribution in [0.2, 0.25) is 0 Å². The van der Waals surface area contributed by atoms with Gasteiger partial charge in [-0.1, -0.05) is 6.07 Å². The number of ether oxygens (including phenoxy) is 2. The van der Waals surface area contributed by atoms with Crippen molar-refractivity contribution >= 4 is 19.7 Å². The number of methoxy groups -OCH3 is 1. The van der Waals surface area contributed by atoms with Gasteiger partial charge in [0.2, 0.25) is 9.05 Å². The molecule has 0 spiro atoms. The van der Waals surface area contributed by atoms with Gasteiger partial charge in [0.1, 0.15) is 11.5 Å². The van der Waals surface area contributed by atoms with Crippen LogP contribution in [0.3, 0.4) is 0 Å². The Morgan fingerprint density at radius 3 is 2.59 bits per heavy atom. The summed E-state index contributed by atoms with van der Waals surface area (Å²) in [6, 6.07) is 7.25. The molecular weight excluding hydrogens is 264 g/mol. The van der Waals surface area contributed by atoms with Crippen molar-refractivity contribution in [2.45, 2.75) is 12.8 Å². The van der Waals surface area contributed by atoms with Gasteiger partial charge in [0.05, 0.1) is 19.5 Å². The topological polar surface area (TPSA) is 52.6 Å². The van der Waals surface area contributed by atoms with Crippen LogP contribution in [0.25, 0.3) is 0 Å². The molecule has 96 valence electrons. The van der Waals surface area contributed by atoms with Crippen molar-refractivity contribution in [3.05, 3.63) is 24.3 Å². The monoisotopic (exact) mass is 278 g/mol. The summed E-state index contributed by atoms with van der Waals surface area (Å²) in [4.78, 5) is 0. The summed E-state index contributed by atoms with van der Waals surface area (Å²) in [5.74, 6) is 1.42. The van der Waals surface area contributed by atoms with Crippen LogP contribution < -0.4 is 9.47 Å². The maximum absolute atomic E-state index is 10.7. The van der Waals surface area contributed by atoms with Gasteiger partial charge in [-0.2, -0.15) is 0 Å². The lowest BCUT2D eigenvalue weighted by atomic mass is 10.3. The third-order valence-electron chi connectivity index (χ3n) is 2.09. The number of hydrogen-bond acceptors (Lipinski definition) is 4. The molecule has 0 saturated carbocycles. The number of benzene rings is 1. The molecule has 0 saturated heterocycles. The highest BCUT2D eigenvalue weighted by atomic mass is 35.7. The Bertz CT molecular complexity index is 445. The van der Waals surface area contributed by atoms with Crippen molar-refractivity contribution in [3.63, 3.8) is 0 Å². The van der Waals surface area contributed by atoms with Gasteiger partial charge in [-0.15, -0.1) is 0 Å². The van der Waals surface area contributed by atoms with Crippen LogP contribution in [-0.4, -0.2) is 27.9 Å². The summed E-state index contributed by atoms with van der Waals surface area (Å²) < 4.78 is 31.8. The second-order valence-corrected chi connectivity index (χ2v) is 6.37. The molecule has 0 heterocycles. The van der Waals surface area contributed by atoms with Crippen LogP contribution >= 0.6 is 10.7 Å². The Morgan fingerprint density at radius 1 is 1.24 bits per heavy atom. The molecule has 0 bridgehead atoms. The van der Waals surface area contributed by atoms with E-state index in [-0.39, 0.29) is 5.75 Å². The van der Waals surface area contributed by atoms with Crippen molar-refractivity contribution in [1.82, 2.24) is 0 Å². The molecule has 0 aliphatic carbocycles. The molecule has 0 aromatic heterocycles. The zero-order valence-electron chi connectivity index (χ0n) is 9.56. The van der Waals surface area contributed by atoms with Gasteiger partial charge in [0.25, 0.3) is 0 Å². The molecule has 0 N–H and O–H groups in total. The lowest BCUT2D eigenvalue weighted by molar-refractivity contribution is 0.307. The highest BCUT2D eigenvalue weighted by molar-refractivity contribution is 8.13. The molecule has 0 fully saturated rings. The maximum Gasteiger partial charge on any atom is 0.232 e. The van der Waals surface area contributed by atoms with Gasteiger partial charge in [0, 0.05) is 16.7 Å². The third-order valence-corrected chi connectivity index (χ3v) is 3.33. The molecule has 4 nitrogen and oxygen atoms in total. The molecule has 17 heavy (non-hydrogen) atoms. The average molecular weight is 279 g/mol. The molecule has 0 atom stereocenters. The van der Waals surface area contributed by atoms with Gasteiger partial charge in [-0.25, -0.2) is 8.42 Å². The summed E-state index contributed by atoms with van der Waals surface area (Å²) in [6.07, 6.45) is 1.14. The predicted octanol–water partition coefficient (Wildman–Crippen LogP) is 2.42. The van der Waals surface area contributed by atoms with E-state index in [0.717, 1.165) is 5.75 Å². The van der Waals surface area contributed by atoms with Crippen LogP contribution in [-0.2, 0) is 9.05 Å². The Morgan fingerprint density at radius 2 is 1.94 bits per heavy atom. The Hall–Kier alpha value is -0.940. The first kappa shape index (κ1) is 14.1. The fraction of sp³-hybridized carbons (Fsp3) is 0.455. The van der Waals surface area contributed by atoms with E-state index in [2.05, 4.69) is 0 Å². The summed E-state index contributed by atoms with van der Waals surface area (Å²) in [7, 11) is 3.29. The van der Waals surface area contributed by atoms with Crippen molar-refractivity contribution in [1.29, 1.82) is 0 Å². The SMILES string of the molecule is COc1cccc(OCCCCS(=O)(=O)Cl)c1. The molecule has 0 aliphatic heterocycles. The minimum Gasteiger partial charge on any atom is -0.497 e. The highest BCUT2D eigenvalue weighted by Crippen LogP contribution is 2.19. The largest absolute Gasteiger partial charge is 0.497 e. The zero-order chi connectivity index (χ0) is 12.7. The van der Waals surface area contributed by atoms with Gasteiger partial charge in [-0.3, -0.25) is 0 Å². The Balaban J connectivity index is 2.26. The van der Waals surface area contributed by atoms with Crippen LogP contribution in [0.4, 0.5) is 0 Å². The first-order chi connectivity index (χ1) is 8.01.